The van der Waals surface area contributed by atoms with Crippen LogP contribution in [-0.2, 0) is 0 Å². The lowest BCUT2D eigenvalue weighted by atomic mass is 9.94. The van der Waals surface area contributed by atoms with Gasteiger partial charge in [0.15, 0.2) is 0 Å². The maximum Gasteiger partial charge on any atom is 0.317 e. The summed E-state index contributed by atoms with van der Waals surface area (Å²) in [6.07, 6.45) is 4.30. The third kappa shape index (κ3) is 2.80. The first kappa shape index (κ1) is 13.9. The minimum atomic E-state index is 0.115. The highest BCUT2D eigenvalue weighted by atomic mass is 35.5. The molecule has 0 atom stereocenters. The van der Waals surface area contributed by atoms with Gasteiger partial charge in [0.2, 0.25) is 0 Å². The Morgan fingerprint density at radius 3 is 2.68 bits per heavy atom. The van der Waals surface area contributed by atoms with E-state index in [1.54, 1.807) is 0 Å². The second kappa shape index (κ2) is 5.51. The molecular formula is C17H20ClN3O. The van der Waals surface area contributed by atoms with Gasteiger partial charge in [-0.1, -0.05) is 11.6 Å². The highest BCUT2D eigenvalue weighted by Gasteiger charge is 2.29. The number of fused-ring (bicyclic) bond motifs is 1. The van der Waals surface area contributed by atoms with Gasteiger partial charge in [0, 0.05) is 46.7 Å². The number of amides is 2. The van der Waals surface area contributed by atoms with Crippen molar-refractivity contribution < 1.29 is 4.79 Å². The Balaban J connectivity index is 1.42. The molecule has 1 saturated carbocycles. The van der Waals surface area contributed by atoms with E-state index in [1.165, 1.54) is 5.69 Å². The highest BCUT2D eigenvalue weighted by Crippen LogP contribution is 2.31. The average molecular weight is 318 g/mol. The predicted molar refractivity (Wildman–Crippen MR) is 88.4 cm³/mol. The number of aromatic nitrogens is 1. The zero-order chi connectivity index (χ0) is 15.1. The fraction of sp³-hybridized carbons (Fsp3) is 0.471. The van der Waals surface area contributed by atoms with Gasteiger partial charge in [-0.05, 0) is 49.9 Å². The molecule has 2 fully saturated rings. The SMILES string of the molecule is O=C(NC1CC1)N1CCC(c2cc3cc(Cl)ccc3[nH]2)CC1. The Morgan fingerprint density at radius 2 is 1.95 bits per heavy atom. The number of nitrogens with one attached hydrogen (secondary N) is 2. The molecule has 1 saturated heterocycles. The Morgan fingerprint density at radius 1 is 1.18 bits per heavy atom. The lowest BCUT2D eigenvalue weighted by molar-refractivity contribution is 0.180. The van der Waals surface area contributed by atoms with Gasteiger partial charge < -0.3 is 15.2 Å². The van der Waals surface area contributed by atoms with Crippen LogP contribution in [0.1, 0.15) is 37.3 Å². The number of hydrogen-bond donors (Lipinski definition) is 2. The fourth-order valence-corrected chi connectivity index (χ4v) is 3.41. The Bertz CT molecular complexity index is 699. The van der Waals surface area contributed by atoms with Crippen molar-refractivity contribution in [1.82, 2.24) is 15.2 Å². The number of benzene rings is 1. The molecular weight excluding hydrogens is 298 g/mol. The highest BCUT2D eigenvalue weighted by molar-refractivity contribution is 6.31. The van der Waals surface area contributed by atoms with Crippen LogP contribution in [0.25, 0.3) is 10.9 Å². The van der Waals surface area contributed by atoms with Crippen LogP contribution in [0.5, 0.6) is 0 Å². The van der Waals surface area contributed by atoms with Crippen molar-refractivity contribution in [2.75, 3.05) is 13.1 Å². The Labute approximate surface area is 134 Å². The summed E-state index contributed by atoms with van der Waals surface area (Å²) in [5, 5.41) is 5.00. The van der Waals surface area contributed by atoms with Gasteiger partial charge in [0.25, 0.3) is 0 Å². The molecule has 2 amide bonds. The number of aromatic amines is 1. The monoisotopic (exact) mass is 317 g/mol. The molecule has 4 nitrogen and oxygen atoms in total. The third-order valence-electron chi connectivity index (χ3n) is 4.73. The summed E-state index contributed by atoms with van der Waals surface area (Å²) in [6, 6.07) is 8.68. The van der Waals surface area contributed by atoms with E-state index in [0.717, 1.165) is 54.7 Å². The number of piperidine rings is 1. The molecule has 5 heteroatoms. The molecule has 1 aromatic carbocycles. The van der Waals surface area contributed by atoms with Crippen LogP contribution < -0.4 is 5.32 Å². The van der Waals surface area contributed by atoms with Crippen molar-refractivity contribution in [1.29, 1.82) is 0 Å². The minimum absolute atomic E-state index is 0.115. The standard InChI is InChI=1S/C17H20ClN3O/c18-13-1-4-15-12(9-13)10-16(20-15)11-5-7-21(8-6-11)17(22)19-14-2-3-14/h1,4,9-11,14,20H,2-3,5-8H2,(H,19,22). The number of likely N-dealkylation sites (tertiary alicyclic amines) is 1. The second-order valence-corrected chi connectivity index (χ2v) is 6.88. The molecule has 0 bridgehead atoms. The predicted octanol–water partition coefficient (Wildman–Crippen LogP) is 3.87. The number of carbonyl (C=O) groups is 1. The first-order valence-electron chi connectivity index (χ1n) is 8.02. The molecule has 0 unspecified atom stereocenters. The first-order valence-corrected chi connectivity index (χ1v) is 8.40. The molecule has 1 aromatic heterocycles. The van der Waals surface area contributed by atoms with Gasteiger partial charge in [0.05, 0.1) is 0 Å². The van der Waals surface area contributed by atoms with Crippen LogP contribution in [0, 0.1) is 0 Å². The summed E-state index contributed by atoms with van der Waals surface area (Å²) in [5.74, 6) is 0.496. The van der Waals surface area contributed by atoms with Crippen LogP contribution in [-0.4, -0.2) is 35.0 Å². The maximum absolute atomic E-state index is 12.1. The van der Waals surface area contributed by atoms with Crippen LogP contribution in [0.3, 0.4) is 0 Å². The topological polar surface area (TPSA) is 48.1 Å². The van der Waals surface area contributed by atoms with Crippen molar-refractivity contribution in [3.8, 4) is 0 Å². The third-order valence-corrected chi connectivity index (χ3v) is 4.97. The zero-order valence-electron chi connectivity index (χ0n) is 12.4. The number of hydrogen-bond acceptors (Lipinski definition) is 1. The van der Waals surface area contributed by atoms with E-state index in [9.17, 15) is 4.79 Å². The number of urea groups is 1. The van der Waals surface area contributed by atoms with Crippen molar-refractivity contribution in [2.24, 2.45) is 0 Å². The summed E-state index contributed by atoms with van der Waals surface area (Å²) in [5.41, 5.74) is 2.40. The molecule has 22 heavy (non-hydrogen) atoms. The van der Waals surface area contributed by atoms with Crippen molar-refractivity contribution >= 4 is 28.5 Å². The summed E-state index contributed by atoms with van der Waals surface area (Å²) < 4.78 is 0. The lowest BCUT2D eigenvalue weighted by Crippen LogP contribution is -2.44. The van der Waals surface area contributed by atoms with Crippen LogP contribution >= 0.6 is 11.6 Å². The van der Waals surface area contributed by atoms with E-state index in [-0.39, 0.29) is 6.03 Å². The molecule has 1 aliphatic heterocycles. The van der Waals surface area contributed by atoms with E-state index in [2.05, 4.69) is 16.4 Å². The maximum atomic E-state index is 12.1. The van der Waals surface area contributed by atoms with Gasteiger partial charge in [-0.3, -0.25) is 0 Å². The van der Waals surface area contributed by atoms with Crippen LogP contribution in [0.15, 0.2) is 24.3 Å². The largest absolute Gasteiger partial charge is 0.358 e. The molecule has 2 aliphatic rings. The summed E-state index contributed by atoms with van der Waals surface area (Å²) in [6.45, 7) is 1.67. The minimum Gasteiger partial charge on any atom is -0.358 e. The van der Waals surface area contributed by atoms with Crippen LogP contribution in [0.4, 0.5) is 4.79 Å². The van der Waals surface area contributed by atoms with Crippen molar-refractivity contribution in [2.45, 2.75) is 37.6 Å². The van der Waals surface area contributed by atoms with Gasteiger partial charge in [0.1, 0.15) is 0 Å². The summed E-state index contributed by atoms with van der Waals surface area (Å²) >= 11 is 6.05. The van der Waals surface area contributed by atoms with Crippen molar-refractivity contribution in [3.05, 3.63) is 35.0 Å². The number of nitrogens with zero attached hydrogens (tertiary/aromatic N) is 1. The Hall–Kier alpha value is -1.68. The molecule has 2 N–H and O–H groups in total. The molecule has 1 aliphatic carbocycles. The van der Waals surface area contributed by atoms with Gasteiger partial charge >= 0.3 is 6.03 Å². The molecule has 2 aromatic rings. The Kier molecular flexibility index (Phi) is 3.49. The second-order valence-electron chi connectivity index (χ2n) is 6.44. The molecule has 2 heterocycles. The van der Waals surface area contributed by atoms with E-state index < -0.39 is 0 Å². The molecule has 0 radical (unpaired) electrons. The summed E-state index contributed by atoms with van der Waals surface area (Å²) in [7, 11) is 0. The quantitative estimate of drug-likeness (QED) is 0.867. The first-order chi connectivity index (χ1) is 10.7. The molecule has 116 valence electrons. The average Bonchev–Trinajstić information content (AvgIpc) is 3.23. The van der Waals surface area contributed by atoms with E-state index in [4.69, 9.17) is 11.6 Å². The number of rotatable bonds is 2. The van der Waals surface area contributed by atoms with E-state index in [1.807, 2.05) is 23.1 Å². The number of carbonyl (C=O) groups excluding carboxylic acids is 1. The van der Waals surface area contributed by atoms with Crippen LogP contribution in [0.2, 0.25) is 5.02 Å². The van der Waals surface area contributed by atoms with Gasteiger partial charge in [-0.25, -0.2) is 4.79 Å². The fourth-order valence-electron chi connectivity index (χ4n) is 3.23. The van der Waals surface area contributed by atoms with Gasteiger partial charge in [-0.15, -0.1) is 0 Å². The van der Waals surface area contributed by atoms with E-state index in [0.29, 0.717) is 12.0 Å². The van der Waals surface area contributed by atoms with Crippen molar-refractivity contribution in [3.63, 3.8) is 0 Å². The molecule has 0 spiro atoms. The zero-order valence-corrected chi connectivity index (χ0v) is 13.2. The molecule has 4 rings (SSSR count). The van der Waals surface area contributed by atoms with Gasteiger partial charge in [-0.2, -0.15) is 0 Å². The van der Waals surface area contributed by atoms with E-state index >= 15 is 0 Å². The lowest BCUT2D eigenvalue weighted by Gasteiger charge is -2.31. The number of halogens is 1. The summed E-state index contributed by atoms with van der Waals surface area (Å²) in [4.78, 5) is 17.5. The normalized spacial score (nSPS) is 19.6. The number of H-pyrrole nitrogens is 1. The smallest absolute Gasteiger partial charge is 0.317 e.